The van der Waals surface area contributed by atoms with Gasteiger partial charge in [0, 0.05) is 12.2 Å². The summed E-state index contributed by atoms with van der Waals surface area (Å²) in [4.78, 5) is 11.6. The summed E-state index contributed by atoms with van der Waals surface area (Å²) in [7, 11) is 0. The molecule has 2 rings (SSSR count). The Hall–Kier alpha value is -2.49. The molecule has 0 heterocycles. The number of nitrogens with one attached hydrogen (secondary N) is 2. The molecule has 0 aliphatic rings. The van der Waals surface area contributed by atoms with Gasteiger partial charge in [-0.2, -0.15) is 0 Å². The summed E-state index contributed by atoms with van der Waals surface area (Å²) < 4.78 is 5.53. The van der Waals surface area contributed by atoms with Crippen LogP contribution in [0.5, 0.6) is 5.75 Å². The Morgan fingerprint density at radius 3 is 2.30 bits per heavy atom. The summed E-state index contributed by atoms with van der Waals surface area (Å²) in [5.74, 6) is 0.848. The van der Waals surface area contributed by atoms with Crippen molar-refractivity contribution in [2.45, 2.75) is 6.42 Å². The fraction of sp³-hybridized carbons (Fsp3) is 0.188. The lowest BCUT2D eigenvalue weighted by molar-refractivity contribution is 0.250. The Kier molecular flexibility index (Phi) is 5.46. The highest BCUT2D eigenvalue weighted by molar-refractivity contribution is 5.89. The van der Waals surface area contributed by atoms with Gasteiger partial charge < -0.3 is 15.4 Å². The van der Waals surface area contributed by atoms with E-state index in [0.717, 1.165) is 17.9 Å². The first kappa shape index (κ1) is 13.9. The Balaban J connectivity index is 1.58. The number of benzene rings is 2. The van der Waals surface area contributed by atoms with Crippen LogP contribution in [-0.2, 0) is 0 Å². The molecule has 104 valence electrons. The summed E-state index contributed by atoms with van der Waals surface area (Å²) in [5, 5.41) is 5.55. The zero-order chi connectivity index (χ0) is 14.0. The van der Waals surface area contributed by atoms with Crippen molar-refractivity contribution in [1.29, 1.82) is 0 Å². The highest BCUT2D eigenvalue weighted by Gasteiger charge is 1.99. The van der Waals surface area contributed by atoms with Crippen LogP contribution in [-0.4, -0.2) is 19.2 Å². The van der Waals surface area contributed by atoms with Crippen molar-refractivity contribution < 1.29 is 9.53 Å². The first-order chi connectivity index (χ1) is 9.84. The van der Waals surface area contributed by atoms with Gasteiger partial charge >= 0.3 is 6.03 Å². The standard InChI is InChI=1S/C16H18N2O2/c19-16(18-14-8-3-1-4-9-14)17-12-7-13-20-15-10-5-2-6-11-15/h1-6,8-11H,7,12-13H2,(H2,17,18,19). The summed E-state index contributed by atoms with van der Waals surface area (Å²) in [6.07, 6.45) is 0.761. The number of carbonyl (C=O) groups excluding carboxylic acids is 1. The van der Waals surface area contributed by atoms with Gasteiger partial charge in [0.15, 0.2) is 0 Å². The fourth-order valence-corrected chi connectivity index (χ4v) is 1.68. The van der Waals surface area contributed by atoms with Gasteiger partial charge in [-0.25, -0.2) is 4.79 Å². The van der Waals surface area contributed by atoms with Crippen LogP contribution in [0.15, 0.2) is 60.7 Å². The number of ether oxygens (including phenoxy) is 1. The van der Waals surface area contributed by atoms with E-state index in [1.165, 1.54) is 0 Å². The van der Waals surface area contributed by atoms with Crippen LogP contribution in [0.1, 0.15) is 6.42 Å². The molecule has 0 unspecified atom stereocenters. The Morgan fingerprint density at radius 2 is 1.60 bits per heavy atom. The molecule has 0 spiro atoms. The van der Waals surface area contributed by atoms with Gasteiger partial charge in [-0.15, -0.1) is 0 Å². The minimum Gasteiger partial charge on any atom is -0.494 e. The van der Waals surface area contributed by atoms with E-state index in [-0.39, 0.29) is 6.03 Å². The number of rotatable bonds is 6. The van der Waals surface area contributed by atoms with Crippen LogP contribution < -0.4 is 15.4 Å². The molecule has 20 heavy (non-hydrogen) atoms. The number of hydrogen-bond acceptors (Lipinski definition) is 2. The van der Waals surface area contributed by atoms with Crippen LogP contribution in [0.25, 0.3) is 0 Å². The molecule has 0 radical (unpaired) electrons. The zero-order valence-corrected chi connectivity index (χ0v) is 11.2. The van der Waals surface area contributed by atoms with Crippen LogP contribution in [0, 0.1) is 0 Å². The third kappa shape index (κ3) is 5.02. The smallest absolute Gasteiger partial charge is 0.319 e. The Bertz CT molecular complexity index is 515. The molecule has 2 aromatic rings. The SMILES string of the molecule is O=C(NCCCOc1ccccc1)Nc1ccccc1. The van der Waals surface area contributed by atoms with Crippen LogP contribution in [0.4, 0.5) is 10.5 Å². The minimum atomic E-state index is -0.198. The summed E-state index contributed by atoms with van der Waals surface area (Å²) in [5.41, 5.74) is 0.783. The predicted octanol–water partition coefficient (Wildman–Crippen LogP) is 3.28. The highest BCUT2D eigenvalue weighted by Crippen LogP contribution is 2.08. The molecule has 2 aromatic carbocycles. The summed E-state index contributed by atoms with van der Waals surface area (Å²) in [6, 6.07) is 18.8. The molecule has 0 bridgehead atoms. The number of hydrogen-bond donors (Lipinski definition) is 2. The van der Waals surface area contributed by atoms with Crippen molar-refractivity contribution in [2.24, 2.45) is 0 Å². The second-order valence-corrected chi connectivity index (χ2v) is 4.26. The quantitative estimate of drug-likeness (QED) is 0.791. The molecule has 0 saturated heterocycles. The van der Waals surface area contributed by atoms with E-state index in [0.29, 0.717) is 13.2 Å². The van der Waals surface area contributed by atoms with Gasteiger partial charge in [-0.05, 0) is 30.7 Å². The summed E-state index contributed by atoms with van der Waals surface area (Å²) >= 11 is 0. The largest absolute Gasteiger partial charge is 0.494 e. The molecule has 2 N–H and O–H groups in total. The molecule has 0 atom stereocenters. The number of urea groups is 1. The average molecular weight is 270 g/mol. The lowest BCUT2D eigenvalue weighted by Crippen LogP contribution is -2.30. The van der Waals surface area contributed by atoms with Crippen molar-refractivity contribution in [3.8, 4) is 5.75 Å². The maximum Gasteiger partial charge on any atom is 0.319 e. The first-order valence-electron chi connectivity index (χ1n) is 6.62. The first-order valence-corrected chi connectivity index (χ1v) is 6.62. The average Bonchev–Trinajstić information content (AvgIpc) is 2.49. The molecule has 0 saturated carbocycles. The molecule has 4 nitrogen and oxygen atoms in total. The van der Waals surface area contributed by atoms with E-state index in [4.69, 9.17) is 4.74 Å². The molecule has 0 aliphatic heterocycles. The van der Waals surface area contributed by atoms with E-state index >= 15 is 0 Å². The third-order valence-electron chi connectivity index (χ3n) is 2.65. The molecular weight excluding hydrogens is 252 g/mol. The van der Waals surface area contributed by atoms with Gasteiger partial charge in [0.1, 0.15) is 5.75 Å². The van der Waals surface area contributed by atoms with Gasteiger partial charge in [0.05, 0.1) is 6.61 Å². The number of amides is 2. The van der Waals surface area contributed by atoms with Gasteiger partial charge in [-0.3, -0.25) is 0 Å². The Morgan fingerprint density at radius 1 is 0.950 bits per heavy atom. The summed E-state index contributed by atoms with van der Waals surface area (Å²) in [6.45, 7) is 1.15. The fourth-order valence-electron chi connectivity index (χ4n) is 1.68. The second kappa shape index (κ2) is 7.84. The van der Waals surface area contributed by atoms with Crippen LogP contribution in [0.2, 0.25) is 0 Å². The number of anilines is 1. The van der Waals surface area contributed by atoms with Gasteiger partial charge in [0.25, 0.3) is 0 Å². The molecule has 0 aliphatic carbocycles. The van der Waals surface area contributed by atoms with E-state index in [9.17, 15) is 4.79 Å². The zero-order valence-electron chi connectivity index (χ0n) is 11.2. The predicted molar refractivity (Wildman–Crippen MR) is 80.0 cm³/mol. The maximum absolute atomic E-state index is 11.6. The molecular formula is C16H18N2O2. The lowest BCUT2D eigenvalue weighted by atomic mass is 10.3. The second-order valence-electron chi connectivity index (χ2n) is 4.26. The van der Waals surface area contributed by atoms with Gasteiger partial charge in [0.2, 0.25) is 0 Å². The monoisotopic (exact) mass is 270 g/mol. The van der Waals surface area contributed by atoms with Crippen LogP contribution >= 0.6 is 0 Å². The number of carbonyl (C=O) groups is 1. The minimum absolute atomic E-state index is 0.198. The topological polar surface area (TPSA) is 50.4 Å². The van der Waals surface area contributed by atoms with Gasteiger partial charge in [-0.1, -0.05) is 36.4 Å². The molecule has 4 heteroatoms. The highest BCUT2D eigenvalue weighted by atomic mass is 16.5. The van der Waals surface area contributed by atoms with Crippen molar-refractivity contribution in [1.82, 2.24) is 5.32 Å². The molecule has 0 aromatic heterocycles. The number of para-hydroxylation sites is 2. The lowest BCUT2D eigenvalue weighted by Gasteiger charge is -2.08. The third-order valence-corrected chi connectivity index (χ3v) is 2.65. The van der Waals surface area contributed by atoms with Crippen molar-refractivity contribution in [3.05, 3.63) is 60.7 Å². The van der Waals surface area contributed by atoms with Crippen LogP contribution in [0.3, 0.4) is 0 Å². The van der Waals surface area contributed by atoms with E-state index in [2.05, 4.69) is 10.6 Å². The Labute approximate surface area is 118 Å². The van der Waals surface area contributed by atoms with E-state index in [1.54, 1.807) is 0 Å². The molecule has 2 amide bonds. The molecule has 0 fully saturated rings. The van der Waals surface area contributed by atoms with Crippen molar-refractivity contribution in [2.75, 3.05) is 18.5 Å². The van der Waals surface area contributed by atoms with Crippen molar-refractivity contribution in [3.63, 3.8) is 0 Å². The van der Waals surface area contributed by atoms with E-state index in [1.807, 2.05) is 60.7 Å². The normalized spacial score (nSPS) is 9.80. The maximum atomic E-state index is 11.6. The van der Waals surface area contributed by atoms with E-state index < -0.39 is 0 Å². The van der Waals surface area contributed by atoms with Crippen molar-refractivity contribution >= 4 is 11.7 Å².